The summed E-state index contributed by atoms with van der Waals surface area (Å²) in [6.07, 6.45) is 0. The van der Waals surface area contributed by atoms with Gasteiger partial charge in [0, 0.05) is 11.6 Å². The van der Waals surface area contributed by atoms with Gasteiger partial charge in [0.25, 0.3) is 0 Å². The van der Waals surface area contributed by atoms with E-state index in [-0.39, 0.29) is 12.3 Å². The van der Waals surface area contributed by atoms with Crippen molar-refractivity contribution in [2.75, 3.05) is 6.61 Å². The SMILES string of the molecule is CCOC(=O)c1cc(-c2cccc(C#N)c2)on1. The van der Waals surface area contributed by atoms with Crippen LogP contribution in [-0.2, 0) is 4.74 Å². The quantitative estimate of drug-likeness (QED) is 0.772. The van der Waals surface area contributed by atoms with E-state index in [1.807, 2.05) is 6.07 Å². The number of hydrogen-bond acceptors (Lipinski definition) is 5. The van der Waals surface area contributed by atoms with Gasteiger partial charge in [0.1, 0.15) is 0 Å². The molecule has 5 nitrogen and oxygen atoms in total. The number of hydrogen-bond donors (Lipinski definition) is 0. The van der Waals surface area contributed by atoms with Gasteiger partial charge in [-0.3, -0.25) is 0 Å². The number of rotatable bonds is 3. The van der Waals surface area contributed by atoms with Gasteiger partial charge in [-0.25, -0.2) is 4.79 Å². The van der Waals surface area contributed by atoms with Crippen molar-refractivity contribution in [2.45, 2.75) is 6.92 Å². The fraction of sp³-hybridized carbons (Fsp3) is 0.154. The Labute approximate surface area is 104 Å². The minimum Gasteiger partial charge on any atom is -0.461 e. The second-order valence-electron chi connectivity index (χ2n) is 3.49. The molecule has 1 aromatic carbocycles. The van der Waals surface area contributed by atoms with E-state index in [1.54, 1.807) is 31.2 Å². The van der Waals surface area contributed by atoms with Gasteiger partial charge in [0.2, 0.25) is 0 Å². The fourth-order valence-electron chi connectivity index (χ4n) is 1.45. The van der Waals surface area contributed by atoms with Crippen molar-refractivity contribution >= 4 is 5.97 Å². The maximum atomic E-state index is 11.4. The zero-order valence-corrected chi connectivity index (χ0v) is 9.71. The van der Waals surface area contributed by atoms with Crippen molar-refractivity contribution in [3.05, 3.63) is 41.6 Å². The van der Waals surface area contributed by atoms with Gasteiger partial charge in [-0.2, -0.15) is 5.26 Å². The molecule has 18 heavy (non-hydrogen) atoms. The lowest BCUT2D eigenvalue weighted by molar-refractivity contribution is 0.0514. The Hall–Kier alpha value is -2.61. The molecule has 1 aromatic heterocycles. The van der Waals surface area contributed by atoms with Gasteiger partial charge in [0.05, 0.1) is 18.2 Å². The van der Waals surface area contributed by atoms with E-state index >= 15 is 0 Å². The van der Waals surface area contributed by atoms with E-state index < -0.39 is 5.97 Å². The van der Waals surface area contributed by atoms with E-state index in [0.29, 0.717) is 16.9 Å². The number of benzene rings is 1. The summed E-state index contributed by atoms with van der Waals surface area (Å²) in [7, 11) is 0. The Kier molecular flexibility index (Phi) is 3.39. The predicted octanol–water partition coefficient (Wildman–Crippen LogP) is 2.39. The first-order valence-electron chi connectivity index (χ1n) is 5.39. The molecule has 0 radical (unpaired) electrons. The van der Waals surface area contributed by atoms with Crippen LogP contribution in [0.4, 0.5) is 0 Å². The van der Waals surface area contributed by atoms with Crippen LogP contribution in [0.2, 0.25) is 0 Å². The molecule has 0 aliphatic rings. The maximum absolute atomic E-state index is 11.4. The van der Waals surface area contributed by atoms with Crippen LogP contribution in [0.1, 0.15) is 23.0 Å². The van der Waals surface area contributed by atoms with Crippen molar-refractivity contribution in [1.29, 1.82) is 5.26 Å². The maximum Gasteiger partial charge on any atom is 0.360 e. The summed E-state index contributed by atoms with van der Waals surface area (Å²) in [5.74, 6) is -0.0981. The summed E-state index contributed by atoms with van der Waals surface area (Å²) in [5.41, 5.74) is 1.33. The van der Waals surface area contributed by atoms with Gasteiger partial charge >= 0.3 is 5.97 Å². The Morgan fingerprint density at radius 3 is 3.06 bits per heavy atom. The highest BCUT2D eigenvalue weighted by molar-refractivity contribution is 5.88. The van der Waals surface area contributed by atoms with Gasteiger partial charge in [-0.1, -0.05) is 17.3 Å². The third-order valence-corrected chi connectivity index (χ3v) is 2.27. The van der Waals surface area contributed by atoms with Gasteiger partial charge < -0.3 is 9.26 Å². The summed E-state index contributed by atoms with van der Waals surface area (Å²) >= 11 is 0. The average molecular weight is 242 g/mol. The van der Waals surface area contributed by atoms with Gasteiger partial charge in [0.15, 0.2) is 11.5 Å². The van der Waals surface area contributed by atoms with E-state index in [9.17, 15) is 4.79 Å². The van der Waals surface area contributed by atoms with Crippen LogP contribution in [0.15, 0.2) is 34.9 Å². The van der Waals surface area contributed by atoms with Crippen LogP contribution in [0, 0.1) is 11.3 Å². The molecule has 2 rings (SSSR count). The number of nitriles is 1. The van der Waals surface area contributed by atoms with E-state index in [4.69, 9.17) is 14.5 Å². The first-order chi connectivity index (χ1) is 8.74. The summed E-state index contributed by atoms with van der Waals surface area (Å²) < 4.78 is 9.87. The lowest BCUT2D eigenvalue weighted by atomic mass is 10.1. The second-order valence-corrected chi connectivity index (χ2v) is 3.49. The number of esters is 1. The molecule has 0 saturated carbocycles. The number of aromatic nitrogens is 1. The highest BCUT2D eigenvalue weighted by Crippen LogP contribution is 2.21. The molecular formula is C13H10N2O3. The topological polar surface area (TPSA) is 76.1 Å². The van der Waals surface area contributed by atoms with Gasteiger partial charge in [-0.05, 0) is 19.1 Å². The molecule has 0 unspecified atom stereocenters. The Morgan fingerprint density at radius 2 is 2.33 bits per heavy atom. The molecule has 0 spiro atoms. The third-order valence-electron chi connectivity index (χ3n) is 2.27. The van der Waals surface area contributed by atoms with Crippen LogP contribution in [0.3, 0.4) is 0 Å². The fourth-order valence-corrected chi connectivity index (χ4v) is 1.45. The second kappa shape index (κ2) is 5.15. The number of ether oxygens (including phenoxy) is 1. The predicted molar refractivity (Wildman–Crippen MR) is 62.6 cm³/mol. The molecule has 0 atom stereocenters. The summed E-state index contributed by atoms with van der Waals surface area (Å²) in [6, 6.07) is 10.4. The van der Waals surface area contributed by atoms with Crippen LogP contribution in [0.5, 0.6) is 0 Å². The highest BCUT2D eigenvalue weighted by Gasteiger charge is 2.14. The lowest BCUT2D eigenvalue weighted by Gasteiger charge is -1.95. The smallest absolute Gasteiger partial charge is 0.360 e. The van der Waals surface area contributed by atoms with Crippen molar-refractivity contribution in [3.8, 4) is 17.4 Å². The van der Waals surface area contributed by atoms with E-state index in [1.165, 1.54) is 6.07 Å². The zero-order valence-electron chi connectivity index (χ0n) is 9.71. The van der Waals surface area contributed by atoms with Crippen LogP contribution in [-0.4, -0.2) is 17.7 Å². The molecule has 90 valence electrons. The summed E-state index contributed by atoms with van der Waals surface area (Å²) in [5, 5.41) is 12.4. The monoisotopic (exact) mass is 242 g/mol. The molecule has 0 saturated heterocycles. The zero-order chi connectivity index (χ0) is 13.0. The summed E-state index contributed by atoms with van der Waals surface area (Å²) in [6.45, 7) is 2.00. The first-order valence-corrected chi connectivity index (χ1v) is 5.39. The molecule has 2 aromatic rings. The normalized spacial score (nSPS) is 9.78. The van der Waals surface area contributed by atoms with Crippen molar-refractivity contribution in [2.24, 2.45) is 0 Å². The van der Waals surface area contributed by atoms with Crippen molar-refractivity contribution in [1.82, 2.24) is 5.16 Å². The summed E-state index contributed by atoms with van der Waals surface area (Å²) in [4.78, 5) is 11.4. The van der Waals surface area contributed by atoms with Gasteiger partial charge in [-0.15, -0.1) is 0 Å². The molecule has 0 bridgehead atoms. The average Bonchev–Trinajstić information content (AvgIpc) is 2.89. The molecule has 0 aliphatic heterocycles. The minimum atomic E-state index is -0.524. The standard InChI is InChI=1S/C13H10N2O3/c1-2-17-13(16)11-7-12(18-15-11)10-5-3-4-9(6-10)8-14/h3-7H,2H2,1H3. The largest absolute Gasteiger partial charge is 0.461 e. The lowest BCUT2D eigenvalue weighted by Crippen LogP contribution is -2.04. The van der Waals surface area contributed by atoms with Crippen molar-refractivity contribution < 1.29 is 14.1 Å². The number of carbonyl (C=O) groups is 1. The molecule has 5 heteroatoms. The number of nitrogens with zero attached hydrogens (tertiary/aromatic N) is 2. The van der Waals surface area contributed by atoms with Crippen LogP contribution < -0.4 is 0 Å². The van der Waals surface area contributed by atoms with Crippen LogP contribution in [0.25, 0.3) is 11.3 Å². The third kappa shape index (κ3) is 2.38. The number of carbonyl (C=O) groups excluding carboxylic acids is 1. The first kappa shape index (κ1) is 11.9. The molecule has 0 aliphatic carbocycles. The molecule has 0 amide bonds. The molecule has 1 heterocycles. The Morgan fingerprint density at radius 1 is 1.50 bits per heavy atom. The Balaban J connectivity index is 2.29. The van der Waals surface area contributed by atoms with E-state index in [0.717, 1.165) is 0 Å². The van der Waals surface area contributed by atoms with Crippen LogP contribution >= 0.6 is 0 Å². The Bertz CT molecular complexity index is 611. The molecule has 0 fully saturated rings. The minimum absolute atomic E-state index is 0.120. The molecule has 0 N–H and O–H groups in total. The highest BCUT2D eigenvalue weighted by atomic mass is 16.5. The van der Waals surface area contributed by atoms with E-state index in [2.05, 4.69) is 5.16 Å². The van der Waals surface area contributed by atoms with Crippen molar-refractivity contribution in [3.63, 3.8) is 0 Å². The molecular weight excluding hydrogens is 232 g/mol.